The molecule has 3 rings (SSSR count). The highest BCUT2D eigenvalue weighted by Crippen LogP contribution is 2.27. The van der Waals surface area contributed by atoms with Crippen LogP contribution in [0.15, 0.2) is 40.8 Å². The predicted octanol–water partition coefficient (Wildman–Crippen LogP) is 2.18. The van der Waals surface area contributed by atoms with Gasteiger partial charge in [0.2, 0.25) is 0 Å². The van der Waals surface area contributed by atoms with Crippen molar-refractivity contribution >= 4 is 33.5 Å². The molecule has 1 aromatic carbocycles. The fourth-order valence-corrected chi connectivity index (χ4v) is 2.54. The number of aromatic nitrogens is 2. The van der Waals surface area contributed by atoms with Gasteiger partial charge in [0.05, 0.1) is 6.54 Å². The van der Waals surface area contributed by atoms with Gasteiger partial charge in [-0.2, -0.15) is 0 Å². The summed E-state index contributed by atoms with van der Waals surface area (Å²) in [6.45, 7) is 0.570. The summed E-state index contributed by atoms with van der Waals surface area (Å²) in [7, 11) is 0. The number of thiazole rings is 1. The summed E-state index contributed by atoms with van der Waals surface area (Å²) in [6, 6.07) is 5.70. The Labute approximate surface area is 113 Å². The minimum atomic E-state index is -0.0387. The lowest BCUT2D eigenvalue weighted by Crippen LogP contribution is -2.03. The second-order valence-corrected chi connectivity index (χ2v) is 4.99. The van der Waals surface area contributed by atoms with E-state index >= 15 is 0 Å². The molecule has 96 valence electrons. The molecule has 0 amide bonds. The molecule has 0 unspecified atom stereocenters. The summed E-state index contributed by atoms with van der Waals surface area (Å²) in [5.41, 5.74) is 8.47. The topological polar surface area (TPSA) is 83.8 Å². The molecule has 5 nitrogen and oxygen atoms in total. The van der Waals surface area contributed by atoms with E-state index in [1.54, 1.807) is 12.4 Å². The number of nitrogens with zero attached hydrogens (tertiary/aromatic N) is 1. The van der Waals surface area contributed by atoms with E-state index in [1.807, 2.05) is 23.6 Å². The molecule has 0 bridgehead atoms. The van der Waals surface area contributed by atoms with E-state index in [4.69, 9.17) is 5.73 Å². The van der Waals surface area contributed by atoms with E-state index in [0.717, 1.165) is 33.5 Å². The molecule has 0 saturated carbocycles. The number of nitrogens with one attached hydrogen (secondary N) is 2. The van der Waals surface area contributed by atoms with Crippen LogP contribution in [0.3, 0.4) is 0 Å². The van der Waals surface area contributed by atoms with E-state index < -0.39 is 0 Å². The normalized spacial score (nSPS) is 10.7. The monoisotopic (exact) mass is 272 g/mol. The number of nitrogen functional groups attached to an aromatic ring is 1. The Balaban J connectivity index is 1.93. The van der Waals surface area contributed by atoms with Crippen molar-refractivity contribution in [2.45, 2.75) is 6.54 Å². The lowest BCUT2D eigenvalue weighted by Gasteiger charge is -2.10. The first kappa shape index (κ1) is 11.7. The maximum absolute atomic E-state index is 11.1. The third-order valence-electron chi connectivity index (χ3n) is 2.89. The number of pyridine rings is 1. The van der Waals surface area contributed by atoms with Crippen molar-refractivity contribution in [1.29, 1.82) is 0 Å². The van der Waals surface area contributed by atoms with Gasteiger partial charge in [0.15, 0.2) is 0 Å². The van der Waals surface area contributed by atoms with Gasteiger partial charge in [-0.25, -0.2) is 0 Å². The molecule has 2 aromatic heterocycles. The Hall–Kier alpha value is -2.34. The number of H-pyrrole nitrogens is 1. The zero-order valence-electron chi connectivity index (χ0n) is 10.0. The fourth-order valence-electron chi connectivity index (χ4n) is 1.96. The third-order valence-corrected chi connectivity index (χ3v) is 3.61. The standard InChI is InChI=1S/C13H12N4OS/c14-11-1-2-12(9-3-4-15-6-10(9)11)16-5-8-7-19-13(18)17-8/h1-4,6-7,16H,5,14H2,(H,17,18). The molecule has 0 spiro atoms. The number of nitrogens with two attached hydrogens (primary N) is 1. The van der Waals surface area contributed by atoms with Crippen LogP contribution in [0.2, 0.25) is 0 Å². The largest absolute Gasteiger partial charge is 0.398 e. The Kier molecular flexibility index (Phi) is 2.92. The first-order valence-corrected chi connectivity index (χ1v) is 6.65. The average Bonchev–Trinajstić information content (AvgIpc) is 2.84. The molecule has 3 aromatic rings. The summed E-state index contributed by atoms with van der Waals surface area (Å²) in [5.74, 6) is 0. The first-order valence-electron chi connectivity index (χ1n) is 5.77. The highest BCUT2D eigenvalue weighted by molar-refractivity contribution is 7.07. The van der Waals surface area contributed by atoms with Crippen molar-refractivity contribution in [3.63, 3.8) is 0 Å². The van der Waals surface area contributed by atoms with Gasteiger partial charge in [-0.1, -0.05) is 11.3 Å². The van der Waals surface area contributed by atoms with Gasteiger partial charge in [0.1, 0.15) is 0 Å². The van der Waals surface area contributed by atoms with Crippen molar-refractivity contribution in [3.8, 4) is 0 Å². The number of anilines is 2. The van der Waals surface area contributed by atoms with Crippen LogP contribution >= 0.6 is 11.3 Å². The number of hydrogen-bond donors (Lipinski definition) is 3. The Morgan fingerprint density at radius 1 is 1.32 bits per heavy atom. The molecule has 0 aliphatic heterocycles. The molecule has 0 fully saturated rings. The zero-order valence-corrected chi connectivity index (χ0v) is 10.8. The fraction of sp³-hybridized carbons (Fsp3) is 0.0769. The second-order valence-electron chi connectivity index (χ2n) is 4.15. The molecule has 0 saturated heterocycles. The van der Waals surface area contributed by atoms with Gasteiger partial charge < -0.3 is 16.0 Å². The number of rotatable bonds is 3. The van der Waals surface area contributed by atoms with Gasteiger partial charge in [-0.05, 0) is 18.2 Å². The SMILES string of the molecule is Nc1ccc(NCc2csc(=O)[nH]2)c2ccncc12. The molecule has 0 radical (unpaired) electrons. The minimum Gasteiger partial charge on any atom is -0.398 e. The lowest BCUT2D eigenvalue weighted by atomic mass is 10.1. The van der Waals surface area contributed by atoms with Crippen LogP contribution in [-0.4, -0.2) is 9.97 Å². The van der Waals surface area contributed by atoms with Gasteiger partial charge in [-0.15, -0.1) is 0 Å². The van der Waals surface area contributed by atoms with Crippen LogP contribution in [0.25, 0.3) is 10.8 Å². The Bertz CT molecular complexity index is 777. The smallest absolute Gasteiger partial charge is 0.304 e. The number of aromatic amines is 1. The summed E-state index contributed by atoms with van der Waals surface area (Å²) >= 11 is 1.16. The highest BCUT2D eigenvalue weighted by Gasteiger charge is 2.04. The number of hydrogen-bond acceptors (Lipinski definition) is 5. The average molecular weight is 272 g/mol. The lowest BCUT2D eigenvalue weighted by molar-refractivity contribution is 1.06. The molecule has 0 aliphatic rings. The molecular formula is C13H12N4OS. The van der Waals surface area contributed by atoms with Gasteiger partial charge in [0.25, 0.3) is 0 Å². The molecule has 19 heavy (non-hydrogen) atoms. The molecule has 4 N–H and O–H groups in total. The Morgan fingerprint density at radius 2 is 2.21 bits per heavy atom. The van der Waals surface area contributed by atoms with Crippen molar-refractivity contribution in [2.24, 2.45) is 0 Å². The molecular weight excluding hydrogens is 260 g/mol. The van der Waals surface area contributed by atoms with Crippen LogP contribution in [0.5, 0.6) is 0 Å². The summed E-state index contributed by atoms with van der Waals surface area (Å²) in [4.78, 5) is 17.9. The van der Waals surface area contributed by atoms with E-state index in [0.29, 0.717) is 12.2 Å². The van der Waals surface area contributed by atoms with Crippen LogP contribution in [0.1, 0.15) is 5.69 Å². The van der Waals surface area contributed by atoms with E-state index in [2.05, 4.69) is 15.3 Å². The zero-order chi connectivity index (χ0) is 13.2. The van der Waals surface area contributed by atoms with E-state index in [9.17, 15) is 4.79 Å². The van der Waals surface area contributed by atoms with Gasteiger partial charge in [-0.3, -0.25) is 9.78 Å². The minimum absolute atomic E-state index is 0.0387. The van der Waals surface area contributed by atoms with E-state index in [1.165, 1.54) is 0 Å². The van der Waals surface area contributed by atoms with Crippen LogP contribution < -0.4 is 15.9 Å². The molecule has 0 aliphatic carbocycles. The van der Waals surface area contributed by atoms with Crippen LogP contribution in [-0.2, 0) is 6.54 Å². The first-order chi connectivity index (χ1) is 9.24. The van der Waals surface area contributed by atoms with E-state index in [-0.39, 0.29) is 4.87 Å². The Morgan fingerprint density at radius 3 is 3.00 bits per heavy atom. The molecule has 0 atom stereocenters. The molecule has 6 heteroatoms. The van der Waals surface area contributed by atoms with Crippen LogP contribution in [0.4, 0.5) is 11.4 Å². The maximum Gasteiger partial charge on any atom is 0.304 e. The summed E-state index contributed by atoms with van der Waals surface area (Å²) in [6.07, 6.45) is 3.49. The summed E-state index contributed by atoms with van der Waals surface area (Å²) in [5, 5.41) is 7.06. The maximum atomic E-state index is 11.1. The highest BCUT2D eigenvalue weighted by atomic mass is 32.1. The van der Waals surface area contributed by atoms with Crippen molar-refractivity contribution in [3.05, 3.63) is 51.3 Å². The van der Waals surface area contributed by atoms with Gasteiger partial charge >= 0.3 is 4.87 Å². The van der Waals surface area contributed by atoms with Crippen molar-refractivity contribution in [2.75, 3.05) is 11.1 Å². The van der Waals surface area contributed by atoms with Crippen molar-refractivity contribution < 1.29 is 0 Å². The third kappa shape index (κ3) is 2.30. The molecule has 2 heterocycles. The van der Waals surface area contributed by atoms with Crippen LogP contribution in [0, 0.1) is 0 Å². The van der Waals surface area contributed by atoms with Gasteiger partial charge in [0, 0.05) is 45.6 Å². The number of fused-ring (bicyclic) bond motifs is 1. The quantitative estimate of drug-likeness (QED) is 0.638. The predicted molar refractivity (Wildman–Crippen MR) is 78.4 cm³/mol. The second kappa shape index (κ2) is 4.74. The van der Waals surface area contributed by atoms with Crippen molar-refractivity contribution in [1.82, 2.24) is 9.97 Å². The number of benzene rings is 1. The summed E-state index contributed by atoms with van der Waals surface area (Å²) < 4.78 is 0.